The van der Waals surface area contributed by atoms with E-state index in [1.165, 1.54) is 22.6 Å². The van der Waals surface area contributed by atoms with Crippen LogP contribution in [0.2, 0.25) is 0 Å². The average Bonchev–Trinajstić information content (AvgIpc) is 2.66. The van der Waals surface area contributed by atoms with E-state index in [4.69, 9.17) is 0 Å². The number of likely N-dealkylation sites (N-methyl/N-ethyl adjacent to an activating group) is 1. The number of aryl methyl sites for hydroxylation is 1. The van der Waals surface area contributed by atoms with Gasteiger partial charge in [-0.3, -0.25) is 14.4 Å². The molecule has 27 heavy (non-hydrogen) atoms. The number of amides is 2. The molecule has 0 saturated carbocycles. The Hall–Kier alpha value is -2.93. The molecule has 1 N–H and O–H groups in total. The van der Waals surface area contributed by atoms with Crippen LogP contribution in [0.5, 0.6) is 0 Å². The second-order valence-electron chi connectivity index (χ2n) is 6.16. The number of hydrogen-bond acceptors (Lipinski definition) is 3. The fourth-order valence-corrected chi connectivity index (χ4v) is 3.22. The highest BCUT2D eigenvalue weighted by atomic mass is 79.9. The molecule has 138 valence electrons. The summed E-state index contributed by atoms with van der Waals surface area (Å²) in [6, 6.07) is 15.7. The lowest BCUT2D eigenvalue weighted by molar-refractivity contribution is -0.116. The zero-order valence-corrected chi connectivity index (χ0v) is 16.5. The molecule has 7 heteroatoms. The van der Waals surface area contributed by atoms with Crippen molar-refractivity contribution < 1.29 is 9.59 Å². The van der Waals surface area contributed by atoms with Gasteiger partial charge >= 0.3 is 0 Å². The predicted octanol–water partition coefficient (Wildman–Crippen LogP) is 3.01. The van der Waals surface area contributed by atoms with Crippen molar-refractivity contribution in [1.29, 1.82) is 0 Å². The minimum absolute atomic E-state index is 0.135. The molecule has 0 unspecified atom stereocenters. The quantitative estimate of drug-likeness (QED) is 0.695. The van der Waals surface area contributed by atoms with Crippen molar-refractivity contribution >= 4 is 44.3 Å². The lowest BCUT2D eigenvalue weighted by Crippen LogP contribution is -2.35. The molecule has 1 aromatic heterocycles. The number of carbonyl (C=O) groups is 2. The summed E-state index contributed by atoms with van der Waals surface area (Å²) in [5.41, 5.74) is 1.30. The molecular weight excluding hydrogens is 410 g/mol. The van der Waals surface area contributed by atoms with E-state index in [1.807, 2.05) is 24.3 Å². The molecule has 0 fully saturated rings. The molecule has 3 aromatic rings. The first-order chi connectivity index (χ1) is 12.9. The first-order valence-electron chi connectivity index (χ1n) is 8.27. The van der Waals surface area contributed by atoms with Gasteiger partial charge in [-0.25, -0.2) is 0 Å². The molecule has 1 heterocycles. The van der Waals surface area contributed by atoms with Crippen LogP contribution in [0.25, 0.3) is 10.9 Å². The second kappa shape index (κ2) is 7.75. The number of nitrogens with zero attached hydrogens (tertiary/aromatic N) is 2. The van der Waals surface area contributed by atoms with Crippen LogP contribution in [0.3, 0.4) is 0 Å². The smallest absolute Gasteiger partial charge is 0.254 e. The Morgan fingerprint density at radius 3 is 2.52 bits per heavy atom. The third-order valence-corrected chi connectivity index (χ3v) is 4.95. The fraction of sp³-hybridized carbons (Fsp3) is 0.150. The summed E-state index contributed by atoms with van der Waals surface area (Å²) in [6.07, 6.45) is 0. The summed E-state index contributed by atoms with van der Waals surface area (Å²) in [5, 5.41) is 3.43. The number of aromatic nitrogens is 1. The Kier molecular flexibility index (Phi) is 5.41. The van der Waals surface area contributed by atoms with E-state index < -0.39 is 0 Å². The number of rotatable bonds is 4. The van der Waals surface area contributed by atoms with Crippen molar-refractivity contribution in [2.75, 3.05) is 18.9 Å². The minimum Gasteiger partial charge on any atom is -0.332 e. The Labute approximate surface area is 164 Å². The number of para-hydroxylation sites is 2. The number of carbonyl (C=O) groups excluding carboxylic acids is 2. The standard InChI is InChI=1S/C20H18BrN3O3/c1-23(12-18(25)22-16-9-5-4-8-15(16)21)20(27)14-11-19(26)24(2)17-10-6-3-7-13(14)17/h3-11H,12H2,1-2H3,(H,22,25). The average molecular weight is 428 g/mol. The maximum absolute atomic E-state index is 12.9. The maximum Gasteiger partial charge on any atom is 0.254 e. The molecule has 0 atom stereocenters. The fourth-order valence-electron chi connectivity index (χ4n) is 2.83. The van der Waals surface area contributed by atoms with Crippen molar-refractivity contribution in [3.63, 3.8) is 0 Å². The number of anilines is 1. The molecule has 0 spiro atoms. The first-order valence-corrected chi connectivity index (χ1v) is 9.06. The lowest BCUT2D eigenvalue weighted by Gasteiger charge is -2.18. The van der Waals surface area contributed by atoms with Gasteiger partial charge in [-0.2, -0.15) is 0 Å². The summed E-state index contributed by atoms with van der Waals surface area (Å²) in [7, 11) is 3.20. The summed E-state index contributed by atoms with van der Waals surface area (Å²) in [6.45, 7) is -0.135. The van der Waals surface area contributed by atoms with Crippen LogP contribution in [0.15, 0.2) is 63.9 Å². The van der Waals surface area contributed by atoms with Crippen LogP contribution >= 0.6 is 15.9 Å². The van der Waals surface area contributed by atoms with Crippen LogP contribution in [0, 0.1) is 0 Å². The summed E-state index contributed by atoms with van der Waals surface area (Å²) in [4.78, 5) is 38.7. The molecule has 0 aliphatic heterocycles. The van der Waals surface area contributed by atoms with Gasteiger partial charge in [-0.15, -0.1) is 0 Å². The normalized spacial score (nSPS) is 10.6. The predicted molar refractivity (Wildman–Crippen MR) is 109 cm³/mol. The number of pyridine rings is 1. The number of nitrogens with one attached hydrogen (secondary N) is 1. The van der Waals surface area contributed by atoms with Crippen molar-refractivity contribution in [2.24, 2.45) is 7.05 Å². The van der Waals surface area contributed by atoms with Crippen LogP contribution in [-0.4, -0.2) is 34.9 Å². The van der Waals surface area contributed by atoms with E-state index in [9.17, 15) is 14.4 Å². The summed E-state index contributed by atoms with van der Waals surface area (Å²) < 4.78 is 2.25. The molecule has 0 aliphatic rings. The van der Waals surface area contributed by atoms with E-state index in [1.54, 1.807) is 31.3 Å². The molecule has 0 saturated heterocycles. The van der Waals surface area contributed by atoms with Gasteiger partial charge in [0.1, 0.15) is 0 Å². The van der Waals surface area contributed by atoms with E-state index >= 15 is 0 Å². The van der Waals surface area contributed by atoms with Crippen molar-refractivity contribution in [3.05, 3.63) is 75.0 Å². The molecule has 3 rings (SSSR count). The Morgan fingerprint density at radius 1 is 1.11 bits per heavy atom. The molecular formula is C20H18BrN3O3. The van der Waals surface area contributed by atoms with Gasteiger partial charge in [-0.1, -0.05) is 30.3 Å². The van der Waals surface area contributed by atoms with E-state index in [-0.39, 0.29) is 29.5 Å². The van der Waals surface area contributed by atoms with Gasteiger partial charge in [0.25, 0.3) is 11.5 Å². The third kappa shape index (κ3) is 3.93. The SMILES string of the molecule is CN(CC(=O)Nc1ccccc1Br)C(=O)c1cc(=O)n(C)c2ccccc12. The Morgan fingerprint density at radius 2 is 1.78 bits per heavy atom. The van der Waals surface area contributed by atoms with Gasteiger partial charge < -0.3 is 14.8 Å². The van der Waals surface area contributed by atoms with Crippen LogP contribution in [0.4, 0.5) is 5.69 Å². The van der Waals surface area contributed by atoms with Gasteiger partial charge in [0.05, 0.1) is 23.3 Å². The topological polar surface area (TPSA) is 71.4 Å². The first kappa shape index (κ1) is 18.8. The zero-order chi connectivity index (χ0) is 19.6. The van der Waals surface area contributed by atoms with Crippen LogP contribution < -0.4 is 10.9 Å². The second-order valence-corrected chi connectivity index (χ2v) is 7.02. The van der Waals surface area contributed by atoms with Crippen molar-refractivity contribution in [2.45, 2.75) is 0 Å². The molecule has 6 nitrogen and oxygen atoms in total. The van der Waals surface area contributed by atoms with Crippen molar-refractivity contribution in [1.82, 2.24) is 9.47 Å². The molecule has 0 aliphatic carbocycles. The number of benzene rings is 2. The van der Waals surface area contributed by atoms with E-state index in [0.29, 0.717) is 16.6 Å². The number of fused-ring (bicyclic) bond motifs is 1. The van der Waals surface area contributed by atoms with Crippen LogP contribution in [0.1, 0.15) is 10.4 Å². The van der Waals surface area contributed by atoms with Crippen LogP contribution in [-0.2, 0) is 11.8 Å². The van der Waals surface area contributed by atoms with Gasteiger partial charge in [0, 0.05) is 30.0 Å². The monoisotopic (exact) mass is 427 g/mol. The van der Waals surface area contributed by atoms with Gasteiger partial charge in [-0.05, 0) is 34.1 Å². The highest BCUT2D eigenvalue weighted by Crippen LogP contribution is 2.21. The molecule has 2 aromatic carbocycles. The van der Waals surface area contributed by atoms with Crippen molar-refractivity contribution in [3.8, 4) is 0 Å². The van der Waals surface area contributed by atoms with Gasteiger partial charge in [0.2, 0.25) is 5.91 Å². The molecule has 0 radical (unpaired) electrons. The van der Waals surface area contributed by atoms with Gasteiger partial charge in [0.15, 0.2) is 0 Å². The van der Waals surface area contributed by atoms with E-state index in [2.05, 4.69) is 21.2 Å². The largest absolute Gasteiger partial charge is 0.332 e. The summed E-state index contributed by atoms with van der Waals surface area (Å²) in [5.74, 6) is -0.711. The summed E-state index contributed by atoms with van der Waals surface area (Å²) >= 11 is 3.37. The Bertz CT molecular complexity index is 1090. The lowest BCUT2D eigenvalue weighted by atomic mass is 10.1. The highest BCUT2D eigenvalue weighted by molar-refractivity contribution is 9.10. The minimum atomic E-state index is -0.383. The molecule has 2 amide bonds. The zero-order valence-electron chi connectivity index (χ0n) is 14.9. The van der Waals surface area contributed by atoms with E-state index in [0.717, 1.165) is 4.47 Å². The Balaban J connectivity index is 1.83. The third-order valence-electron chi connectivity index (χ3n) is 4.26. The molecule has 0 bridgehead atoms. The number of halogens is 1. The number of hydrogen-bond donors (Lipinski definition) is 1. The maximum atomic E-state index is 12.9. The highest BCUT2D eigenvalue weighted by Gasteiger charge is 2.19.